The average molecular weight is 150 g/mol. The van der Waals surface area contributed by atoms with Crippen molar-refractivity contribution in [3.05, 3.63) is 30.2 Å². The number of anilines is 1. The molecule has 0 spiro atoms. The number of rotatable bonds is 0. The summed E-state index contributed by atoms with van der Waals surface area (Å²) < 4.78 is 12.8. The minimum absolute atomic E-state index is 0.188. The number of aromatic nitrogens is 1. The number of hydrogen-bond donors (Lipinski definition) is 2. The van der Waals surface area contributed by atoms with Crippen LogP contribution in [-0.2, 0) is 0 Å². The van der Waals surface area contributed by atoms with Gasteiger partial charge in [-0.2, -0.15) is 0 Å². The number of nitrogen functional groups attached to an aromatic ring is 1. The molecule has 0 fully saturated rings. The molecule has 0 amide bonds. The zero-order valence-corrected chi connectivity index (χ0v) is 5.76. The summed E-state index contributed by atoms with van der Waals surface area (Å²) in [6, 6.07) is 4.91. The Morgan fingerprint density at radius 2 is 2.09 bits per heavy atom. The molecule has 0 aliphatic heterocycles. The summed E-state index contributed by atoms with van der Waals surface area (Å²) in [6.45, 7) is 0. The van der Waals surface area contributed by atoms with Gasteiger partial charge in [0, 0.05) is 11.6 Å². The van der Waals surface area contributed by atoms with E-state index in [1.165, 1.54) is 6.07 Å². The highest BCUT2D eigenvalue weighted by Crippen LogP contribution is 2.21. The van der Waals surface area contributed by atoms with Crippen molar-refractivity contribution in [3.63, 3.8) is 0 Å². The number of halogens is 1. The van der Waals surface area contributed by atoms with Crippen molar-refractivity contribution in [3.8, 4) is 0 Å². The molecule has 0 aliphatic carbocycles. The van der Waals surface area contributed by atoms with Crippen LogP contribution in [0.4, 0.5) is 10.1 Å². The Kier molecular flexibility index (Phi) is 1.12. The molecule has 3 heteroatoms. The molecule has 0 bridgehead atoms. The third-order valence-electron chi connectivity index (χ3n) is 1.72. The van der Waals surface area contributed by atoms with Crippen molar-refractivity contribution in [2.45, 2.75) is 0 Å². The highest BCUT2D eigenvalue weighted by Gasteiger charge is 2.02. The van der Waals surface area contributed by atoms with Crippen molar-refractivity contribution < 1.29 is 4.39 Å². The number of nitrogens with two attached hydrogens (primary N) is 1. The van der Waals surface area contributed by atoms with E-state index in [1.807, 2.05) is 6.07 Å². The van der Waals surface area contributed by atoms with Crippen LogP contribution in [0.25, 0.3) is 10.9 Å². The summed E-state index contributed by atoms with van der Waals surface area (Å²) in [7, 11) is 0. The fraction of sp³-hybridized carbons (Fsp3) is 0. The smallest absolute Gasteiger partial charge is 0.148 e. The molecular weight excluding hydrogens is 143 g/mol. The Hall–Kier alpha value is -1.51. The van der Waals surface area contributed by atoms with E-state index in [0.29, 0.717) is 5.52 Å². The van der Waals surface area contributed by atoms with Crippen molar-refractivity contribution in [1.29, 1.82) is 0 Å². The van der Waals surface area contributed by atoms with Crippen LogP contribution in [0.5, 0.6) is 0 Å². The van der Waals surface area contributed by atoms with Gasteiger partial charge in [0.2, 0.25) is 0 Å². The maximum Gasteiger partial charge on any atom is 0.148 e. The summed E-state index contributed by atoms with van der Waals surface area (Å²) >= 11 is 0. The van der Waals surface area contributed by atoms with Gasteiger partial charge < -0.3 is 10.7 Å². The van der Waals surface area contributed by atoms with Gasteiger partial charge in [0.25, 0.3) is 0 Å². The molecule has 0 unspecified atom stereocenters. The number of aromatic amines is 1. The van der Waals surface area contributed by atoms with Crippen LogP contribution in [0.1, 0.15) is 0 Å². The molecule has 0 aliphatic rings. The van der Waals surface area contributed by atoms with Gasteiger partial charge in [0.15, 0.2) is 0 Å². The number of nitrogens with one attached hydrogen (secondary N) is 1. The lowest BCUT2D eigenvalue weighted by molar-refractivity contribution is 0.634. The Morgan fingerprint density at radius 1 is 1.27 bits per heavy atom. The molecule has 2 aromatic rings. The van der Waals surface area contributed by atoms with Gasteiger partial charge in [-0.05, 0) is 18.2 Å². The van der Waals surface area contributed by atoms with E-state index >= 15 is 0 Å². The number of H-pyrrole nitrogens is 1. The Morgan fingerprint density at radius 3 is 2.91 bits per heavy atom. The lowest BCUT2D eigenvalue weighted by atomic mass is 10.2. The molecule has 1 heterocycles. The van der Waals surface area contributed by atoms with Gasteiger partial charge in [0.05, 0.1) is 11.2 Å². The minimum atomic E-state index is -0.375. The highest BCUT2D eigenvalue weighted by atomic mass is 19.1. The zero-order valence-electron chi connectivity index (χ0n) is 5.76. The van der Waals surface area contributed by atoms with Crippen LogP contribution in [0.3, 0.4) is 0 Å². The zero-order chi connectivity index (χ0) is 7.84. The second-order valence-electron chi connectivity index (χ2n) is 2.40. The van der Waals surface area contributed by atoms with E-state index in [1.54, 1.807) is 12.3 Å². The third-order valence-corrected chi connectivity index (χ3v) is 1.72. The van der Waals surface area contributed by atoms with Gasteiger partial charge >= 0.3 is 0 Å². The van der Waals surface area contributed by atoms with Crippen LogP contribution in [0.15, 0.2) is 24.4 Å². The van der Waals surface area contributed by atoms with Crippen LogP contribution in [0.2, 0.25) is 0 Å². The fourth-order valence-corrected chi connectivity index (χ4v) is 1.13. The molecule has 0 saturated carbocycles. The molecule has 0 radical (unpaired) electrons. The van der Waals surface area contributed by atoms with Crippen molar-refractivity contribution in [1.82, 2.24) is 4.98 Å². The lowest BCUT2D eigenvalue weighted by Crippen LogP contribution is -1.90. The highest BCUT2D eigenvalue weighted by molar-refractivity contribution is 5.89. The first-order valence-corrected chi connectivity index (χ1v) is 3.30. The number of hydrogen-bond acceptors (Lipinski definition) is 1. The standard InChI is InChI=1S/C8H7FN2/c9-6-2-1-5-3-4-11-8(5)7(6)10/h1-4,11H,10H2. The fourth-order valence-electron chi connectivity index (χ4n) is 1.13. The van der Waals surface area contributed by atoms with E-state index < -0.39 is 0 Å². The Labute approximate surface area is 62.8 Å². The first-order chi connectivity index (χ1) is 5.29. The number of benzene rings is 1. The third kappa shape index (κ3) is 0.774. The van der Waals surface area contributed by atoms with E-state index in [-0.39, 0.29) is 11.5 Å². The molecule has 1 aromatic heterocycles. The van der Waals surface area contributed by atoms with Gasteiger partial charge in [-0.15, -0.1) is 0 Å². The van der Waals surface area contributed by atoms with Crippen molar-refractivity contribution >= 4 is 16.6 Å². The molecule has 1 aromatic carbocycles. The first kappa shape index (κ1) is 6.22. The predicted octanol–water partition coefficient (Wildman–Crippen LogP) is 1.89. The normalized spacial score (nSPS) is 10.6. The molecule has 11 heavy (non-hydrogen) atoms. The second kappa shape index (κ2) is 1.99. The molecule has 56 valence electrons. The lowest BCUT2D eigenvalue weighted by Gasteiger charge is -1.96. The topological polar surface area (TPSA) is 41.8 Å². The van der Waals surface area contributed by atoms with Crippen LogP contribution >= 0.6 is 0 Å². The summed E-state index contributed by atoms with van der Waals surface area (Å²) in [5.74, 6) is -0.375. The van der Waals surface area contributed by atoms with Gasteiger partial charge in [-0.25, -0.2) is 4.39 Å². The van der Waals surface area contributed by atoms with Gasteiger partial charge in [-0.1, -0.05) is 0 Å². The average Bonchev–Trinajstić information content (AvgIpc) is 2.45. The molecular formula is C8H7FN2. The SMILES string of the molecule is Nc1c(F)ccc2cc[nH]c12. The van der Waals surface area contributed by atoms with Crippen LogP contribution in [0, 0.1) is 5.82 Å². The van der Waals surface area contributed by atoms with E-state index in [2.05, 4.69) is 4.98 Å². The summed E-state index contributed by atoms with van der Waals surface area (Å²) in [4.78, 5) is 2.86. The first-order valence-electron chi connectivity index (χ1n) is 3.30. The summed E-state index contributed by atoms with van der Waals surface area (Å²) in [5.41, 5.74) is 6.32. The van der Waals surface area contributed by atoms with Crippen LogP contribution in [-0.4, -0.2) is 4.98 Å². The summed E-state index contributed by atoms with van der Waals surface area (Å²) in [5, 5.41) is 0.934. The Balaban J connectivity index is 2.93. The maximum absolute atomic E-state index is 12.8. The van der Waals surface area contributed by atoms with Gasteiger partial charge in [-0.3, -0.25) is 0 Å². The van der Waals surface area contributed by atoms with Crippen LogP contribution < -0.4 is 5.73 Å². The monoisotopic (exact) mass is 150 g/mol. The van der Waals surface area contributed by atoms with Crippen molar-refractivity contribution in [2.75, 3.05) is 5.73 Å². The predicted molar refractivity (Wildman–Crippen MR) is 42.7 cm³/mol. The van der Waals surface area contributed by atoms with Crippen molar-refractivity contribution in [2.24, 2.45) is 0 Å². The molecule has 0 atom stereocenters. The molecule has 0 saturated heterocycles. The minimum Gasteiger partial charge on any atom is -0.395 e. The summed E-state index contributed by atoms with van der Waals surface area (Å²) in [6.07, 6.45) is 1.74. The number of fused-ring (bicyclic) bond motifs is 1. The molecule has 2 rings (SSSR count). The molecule has 3 N–H and O–H groups in total. The van der Waals surface area contributed by atoms with E-state index in [0.717, 1.165) is 5.39 Å². The largest absolute Gasteiger partial charge is 0.395 e. The Bertz CT molecular complexity index is 392. The quantitative estimate of drug-likeness (QED) is 0.553. The maximum atomic E-state index is 12.8. The molecule has 2 nitrogen and oxygen atoms in total. The van der Waals surface area contributed by atoms with E-state index in [4.69, 9.17) is 5.73 Å². The van der Waals surface area contributed by atoms with E-state index in [9.17, 15) is 4.39 Å². The second-order valence-corrected chi connectivity index (χ2v) is 2.40. The van der Waals surface area contributed by atoms with Gasteiger partial charge in [0.1, 0.15) is 5.82 Å².